The molecule has 3 rings (SSSR count). The monoisotopic (exact) mass is 315 g/mol. The Morgan fingerprint density at radius 1 is 0.833 bits per heavy atom. The Morgan fingerprint density at radius 3 is 2.25 bits per heavy atom. The molecule has 2 heteroatoms. The SMILES string of the molecule is COc1cccc(C#Cc2cccc(C)c2-n2c(C)ccc2C)c1. The maximum Gasteiger partial charge on any atom is 0.120 e. The van der Waals surface area contributed by atoms with Crippen molar-refractivity contribution in [1.29, 1.82) is 0 Å². The molecule has 0 bridgehead atoms. The zero-order valence-corrected chi connectivity index (χ0v) is 14.6. The van der Waals surface area contributed by atoms with Crippen LogP contribution in [-0.2, 0) is 0 Å². The van der Waals surface area contributed by atoms with Crippen LogP contribution in [0.25, 0.3) is 5.69 Å². The van der Waals surface area contributed by atoms with Gasteiger partial charge in [0.25, 0.3) is 0 Å². The highest BCUT2D eigenvalue weighted by Gasteiger charge is 2.10. The van der Waals surface area contributed by atoms with Gasteiger partial charge in [-0.15, -0.1) is 0 Å². The second-order valence-corrected chi connectivity index (χ2v) is 5.90. The molecule has 0 N–H and O–H groups in total. The molecule has 0 aliphatic heterocycles. The molecule has 120 valence electrons. The van der Waals surface area contributed by atoms with Gasteiger partial charge in [-0.2, -0.15) is 0 Å². The number of rotatable bonds is 2. The number of benzene rings is 2. The van der Waals surface area contributed by atoms with E-state index in [9.17, 15) is 0 Å². The quantitative estimate of drug-likeness (QED) is 0.619. The summed E-state index contributed by atoms with van der Waals surface area (Å²) in [5.41, 5.74) is 6.78. The van der Waals surface area contributed by atoms with Crippen LogP contribution >= 0.6 is 0 Å². The molecule has 2 nitrogen and oxygen atoms in total. The third-order valence-electron chi connectivity index (χ3n) is 4.14. The fourth-order valence-electron chi connectivity index (χ4n) is 2.92. The van der Waals surface area contributed by atoms with Crippen LogP contribution in [0.15, 0.2) is 54.6 Å². The molecule has 0 aliphatic carbocycles. The van der Waals surface area contributed by atoms with Crippen LogP contribution in [-0.4, -0.2) is 11.7 Å². The zero-order chi connectivity index (χ0) is 17.1. The van der Waals surface area contributed by atoms with E-state index < -0.39 is 0 Å². The van der Waals surface area contributed by atoms with E-state index in [1.54, 1.807) is 7.11 Å². The van der Waals surface area contributed by atoms with Crippen molar-refractivity contribution < 1.29 is 4.74 Å². The Kier molecular flexibility index (Phi) is 4.44. The lowest BCUT2D eigenvalue weighted by Crippen LogP contribution is -2.04. The number of aromatic nitrogens is 1. The molecule has 0 atom stereocenters. The smallest absolute Gasteiger partial charge is 0.120 e. The lowest BCUT2D eigenvalue weighted by Gasteiger charge is -2.14. The normalized spacial score (nSPS) is 10.2. The first-order chi connectivity index (χ1) is 11.6. The minimum atomic E-state index is 0.823. The molecule has 0 unspecified atom stereocenters. The molecule has 0 amide bonds. The van der Waals surface area contributed by atoms with E-state index in [2.05, 4.69) is 67.5 Å². The number of hydrogen-bond donors (Lipinski definition) is 0. The van der Waals surface area contributed by atoms with Crippen molar-refractivity contribution in [2.24, 2.45) is 0 Å². The molecule has 0 aliphatic rings. The second-order valence-electron chi connectivity index (χ2n) is 5.90. The van der Waals surface area contributed by atoms with Crippen molar-refractivity contribution in [3.63, 3.8) is 0 Å². The molecule has 0 spiro atoms. The van der Waals surface area contributed by atoms with Crippen LogP contribution in [0.5, 0.6) is 5.75 Å². The van der Waals surface area contributed by atoms with E-state index in [1.807, 2.05) is 24.3 Å². The van der Waals surface area contributed by atoms with Crippen molar-refractivity contribution in [2.75, 3.05) is 7.11 Å². The van der Waals surface area contributed by atoms with E-state index in [1.165, 1.54) is 17.0 Å². The predicted molar refractivity (Wildman–Crippen MR) is 99.0 cm³/mol. The second kappa shape index (κ2) is 6.68. The van der Waals surface area contributed by atoms with E-state index in [4.69, 9.17) is 4.74 Å². The van der Waals surface area contributed by atoms with Crippen molar-refractivity contribution >= 4 is 0 Å². The molecule has 24 heavy (non-hydrogen) atoms. The average Bonchev–Trinajstić information content (AvgIpc) is 2.92. The third kappa shape index (κ3) is 3.07. The van der Waals surface area contributed by atoms with E-state index in [0.29, 0.717) is 0 Å². The van der Waals surface area contributed by atoms with Crippen LogP contribution in [0.2, 0.25) is 0 Å². The first-order valence-electron chi connectivity index (χ1n) is 8.01. The van der Waals surface area contributed by atoms with Gasteiger partial charge in [0, 0.05) is 22.5 Å². The van der Waals surface area contributed by atoms with Crippen LogP contribution in [0.3, 0.4) is 0 Å². The van der Waals surface area contributed by atoms with Crippen LogP contribution in [0.1, 0.15) is 28.1 Å². The molecule has 3 aromatic rings. The molecule has 0 saturated heterocycles. The van der Waals surface area contributed by atoms with Crippen LogP contribution in [0.4, 0.5) is 0 Å². The van der Waals surface area contributed by atoms with Gasteiger partial charge in [0.15, 0.2) is 0 Å². The number of hydrogen-bond acceptors (Lipinski definition) is 1. The van der Waals surface area contributed by atoms with Gasteiger partial charge in [0.1, 0.15) is 5.75 Å². The molecule has 0 saturated carbocycles. The summed E-state index contributed by atoms with van der Waals surface area (Å²) in [6, 6.07) is 18.4. The first-order valence-corrected chi connectivity index (χ1v) is 8.01. The van der Waals surface area contributed by atoms with Crippen molar-refractivity contribution in [3.8, 4) is 23.3 Å². The van der Waals surface area contributed by atoms with Crippen LogP contribution in [0, 0.1) is 32.6 Å². The predicted octanol–water partition coefficient (Wildman–Crippen LogP) is 4.81. The lowest BCUT2D eigenvalue weighted by molar-refractivity contribution is 0.414. The molecular formula is C22H21NO. The zero-order valence-electron chi connectivity index (χ0n) is 14.6. The first kappa shape index (κ1) is 16.0. The summed E-state index contributed by atoms with van der Waals surface area (Å²) < 4.78 is 7.54. The third-order valence-corrected chi connectivity index (χ3v) is 4.14. The Balaban J connectivity index is 2.11. The molecular weight excluding hydrogens is 294 g/mol. The number of methoxy groups -OCH3 is 1. The highest BCUT2D eigenvalue weighted by atomic mass is 16.5. The molecule has 0 fully saturated rings. The molecule has 0 radical (unpaired) electrons. The number of ether oxygens (including phenoxy) is 1. The van der Waals surface area contributed by atoms with E-state index >= 15 is 0 Å². The summed E-state index contributed by atoms with van der Waals surface area (Å²) in [6.45, 7) is 6.38. The molecule has 2 aromatic carbocycles. The van der Waals surface area contributed by atoms with Crippen molar-refractivity contribution in [3.05, 3.63) is 82.7 Å². The Labute approximate surface area is 143 Å². The minimum Gasteiger partial charge on any atom is -0.497 e. The largest absolute Gasteiger partial charge is 0.497 e. The van der Waals surface area contributed by atoms with Crippen molar-refractivity contribution in [2.45, 2.75) is 20.8 Å². The van der Waals surface area contributed by atoms with Gasteiger partial charge in [0.2, 0.25) is 0 Å². The standard InChI is InChI=1S/C22H21NO/c1-16-7-5-9-20(22(16)23-17(2)11-12-18(23)3)14-13-19-8-6-10-21(15-19)24-4/h5-12,15H,1-4H3. The Bertz CT molecular complexity index is 919. The van der Waals surface area contributed by atoms with Gasteiger partial charge < -0.3 is 9.30 Å². The fraction of sp³-hybridized carbons (Fsp3) is 0.182. The number of aryl methyl sites for hydroxylation is 3. The maximum absolute atomic E-state index is 5.27. The van der Waals surface area contributed by atoms with Crippen molar-refractivity contribution in [1.82, 2.24) is 4.57 Å². The van der Waals surface area contributed by atoms with Gasteiger partial charge in [0.05, 0.1) is 12.8 Å². The summed E-state index contributed by atoms with van der Waals surface area (Å²) in [5.74, 6) is 7.42. The molecule has 1 aromatic heterocycles. The van der Waals surface area contributed by atoms with E-state index in [-0.39, 0.29) is 0 Å². The van der Waals surface area contributed by atoms with Gasteiger partial charge in [-0.3, -0.25) is 0 Å². The average molecular weight is 315 g/mol. The summed E-state index contributed by atoms with van der Waals surface area (Å²) in [4.78, 5) is 0. The Hall–Kier alpha value is -2.92. The highest BCUT2D eigenvalue weighted by Crippen LogP contribution is 2.23. The van der Waals surface area contributed by atoms with Crippen LogP contribution < -0.4 is 4.74 Å². The van der Waals surface area contributed by atoms with Gasteiger partial charge in [-0.05, 0) is 62.7 Å². The molecule has 1 heterocycles. The maximum atomic E-state index is 5.27. The van der Waals surface area contributed by atoms with Gasteiger partial charge >= 0.3 is 0 Å². The summed E-state index contributed by atoms with van der Waals surface area (Å²) in [6.07, 6.45) is 0. The fourth-order valence-corrected chi connectivity index (χ4v) is 2.92. The summed E-state index contributed by atoms with van der Waals surface area (Å²) in [7, 11) is 1.67. The minimum absolute atomic E-state index is 0.823. The lowest BCUT2D eigenvalue weighted by atomic mass is 10.1. The highest BCUT2D eigenvalue weighted by molar-refractivity contribution is 5.59. The van der Waals surface area contributed by atoms with Gasteiger partial charge in [-0.25, -0.2) is 0 Å². The van der Waals surface area contributed by atoms with Gasteiger partial charge in [-0.1, -0.05) is 30.0 Å². The number of para-hydroxylation sites is 1. The Morgan fingerprint density at radius 2 is 1.54 bits per heavy atom. The number of nitrogens with zero attached hydrogens (tertiary/aromatic N) is 1. The summed E-state index contributed by atoms with van der Waals surface area (Å²) in [5, 5.41) is 0. The topological polar surface area (TPSA) is 14.2 Å². The van der Waals surface area contributed by atoms with E-state index in [0.717, 1.165) is 22.6 Å². The summed E-state index contributed by atoms with van der Waals surface area (Å²) >= 11 is 0.